The van der Waals surface area contributed by atoms with Crippen molar-refractivity contribution in [1.29, 1.82) is 0 Å². The van der Waals surface area contributed by atoms with Crippen molar-refractivity contribution in [3.8, 4) is 0 Å². The fourth-order valence-corrected chi connectivity index (χ4v) is 5.21. The van der Waals surface area contributed by atoms with Crippen LogP contribution in [0.3, 0.4) is 0 Å². The van der Waals surface area contributed by atoms with Crippen LogP contribution >= 0.6 is 0 Å². The molecule has 2 aromatic rings. The van der Waals surface area contributed by atoms with Crippen LogP contribution in [0.15, 0.2) is 34.1 Å². The quantitative estimate of drug-likeness (QED) is 0.636. The molecule has 176 valence electrons. The van der Waals surface area contributed by atoms with E-state index in [1.807, 2.05) is 4.72 Å². The highest BCUT2D eigenvalue weighted by molar-refractivity contribution is 7.90. The predicted molar refractivity (Wildman–Crippen MR) is 111 cm³/mol. The van der Waals surface area contributed by atoms with Crippen LogP contribution in [0.25, 0.3) is 0 Å². The Bertz CT molecular complexity index is 1250. The van der Waals surface area contributed by atoms with Gasteiger partial charge in [0.05, 0.1) is 9.79 Å². The van der Waals surface area contributed by atoms with E-state index in [0.29, 0.717) is 30.3 Å². The predicted octanol–water partition coefficient (Wildman–Crippen LogP) is 3.41. The summed E-state index contributed by atoms with van der Waals surface area (Å²) in [5.41, 5.74) is -0.0179. The number of hydrogen-bond acceptors (Lipinski definition) is 6. The van der Waals surface area contributed by atoms with Gasteiger partial charge >= 0.3 is 6.18 Å². The molecule has 1 N–H and O–H groups in total. The minimum Gasteiger partial charge on any atom is -0.258 e. The highest BCUT2D eigenvalue weighted by Crippen LogP contribution is 2.51. The second-order valence-corrected chi connectivity index (χ2v) is 12.1. The van der Waals surface area contributed by atoms with Gasteiger partial charge in [-0.1, -0.05) is 6.92 Å². The van der Waals surface area contributed by atoms with Gasteiger partial charge in [-0.25, -0.2) is 26.5 Å². The zero-order valence-corrected chi connectivity index (χ0v) is 19.6. The molecule has 1 aliphatic rings. The summed E-state index contributed by atoms with van der Waals surface area (Å²) in [7, 11) is -6.35. The molecule has 1 saturated carbocycles. The minimum atomic E-state index is -4.79. The van der Waals surface area contributed by atoms with E-state index in [0.717, 1.165) is 19.4 Å². The van der Waals surface area contributed by atoms with Gasteiger partial charge in [0, 0.05) is 29.3 Å². The van der Waals surface area contributed by atoms with Gasteiger partial charge in [0.15, 0.2) is 9.84 Å². The van der Waals surface area contributed by atoms with Crippen LogP contribution < -0.4 is 4.72 Å². The zero-order valence-electron chi connectivity index (χ0n) is 17.9. The summed E-state index contributed by atoms with van der Waals surface area (Å²) in [4.78, 5) is 7.80. The van der Waals surface area contributed by atoms with E-state index in [1.165, 1.54) is 12.1 Å². The lowest BCUT2D eigenvalue weighted by Crippen LogP contribution is -2.21. The second-order valence-electron chi connectivity index (χ2n) is 8.20. The molecule has 3 atom stereocenters. The summed E-state index contributed by atoms with van der Waals surface area (Å²) in [6.07, 6.45) is -2.50. The van der Waals surface area contributed by atoms with Crippen LogP contribution in [0.2, 0.25) is 0 Å². The van der Waals surface area contributed by atoms with Gasteiger partial charge in [-0.3, -0.25) is 4.98 Å². The molecule has 32 heavy (non-hydrogen) atoms. The fourth-order valence-electron chi connectivity index (χ4n) is 3.71. The van der Waals surface area contributed by atoms with E-state index in [1.54, 1.807) is 13.8 Å². The van der Waals surface area contributed by atoms with Crippen molar-refractivity contribution in [3.63, 3.8) is 0 Å². The van der Waals surface area contributed by atoms with Crippen molar-refractivity contribution >= 4 is 19.9 Å². The molecule has 3 rings (SSSR count). The maximum Gasteiger partial charge on any atom is 0.433 e. The van der Waals surface area contributed by atoms with Crippen LogP contribution in [-0.4, -0.2) is 40.1 Å². The van der Waals surface area contributed by atoms with E-state index >= 15 is 0 Å². The molecule has 2 heterocycles. The Morgan fingerprint density at radius 3 is 2.31 bits per heavy atom. The number of aryl methyl sites for hydroxylation is 1. The number of sulfonamides is 1. The first-order chi connectivity index (χ1) is 14.6. The van der Waals surface area contributed by atoms with E-state index in [4.69, 9.17) is 0 Å². The highest BCUT2D eigenvalue weighted by atomic mass is 32.2. The van der Waals surface area contributed by atoms with Gasteiger partial charge in [0.25, 0.3) is 0 Å². The topological polar surface area (TPSA) is 106 Å². The molecule has 1 fully saturated rings. The molecule has 3 unspecified atom stereocenters. The monoisotopic (exact) mass is 491 g/mol. The number of nitrogens with zero attached hydrogens (tertiary/aromatic N) is 2. The Hall–Kier alpha value is -2.05. The van der Waals surface area contributed by atoms with Gasteiger partial charge in [0.2, 0.25) is 10.0 Å². The van der Waals surface area contributed by atoms with Crippen molar-refractivity contribution in [1.82, 2.24) is 14.7 Å². The summed E-state index contributed by atoms with van der Waals surface area (Å²) < 4.78 is 89.9. The minimum absolute atomic E-state index is 0.0100. The molecule has 1 aliphatic carbocycles. The van der Waals surface area contributed by atoms with Crippen molar-refractivity contribution in [2.75, 3.05) is 13.3 Å². The lowest BCUT2D eigenvalue weighted by Gasteiger charge is -2.16. The number of sulfone groups is 1. The number of aromatic nitrogens is 2. The average Bonchev–Trinajstić information content (AvgIpc) is 3.45. The third-order valence-corrected chi connectivity index (χ3v) is 8.01. The maximum absolute atomic E-state index is 13.3. The van der Waals surface area contributed by atoms with Crippen LogP contribution in [0, 0.1) is 12.8 Å². The molecule has 0 radical (unpaired) electrons. The van der Waals surface area contributed by atoms with Crippen LogP contribution in [0.1, 0.15) is 54.4 Å². The Balaban J connectivity index is 1.85. The summed E-state index contributed by atoms with van der Waals surface area (Å²) in [5, 5.41) is 0. The van der Waals surface area contributed by atoms with E-state index in [-0.39, 0.29) is 22.4 Å². The largest absolute Gasteiger partial charge is 0.433 e. The SMILES string of the molecule is CNS(=O)(=O)c1cc(C(C)CC2CC2c2cc(S(C)(=O)=O)cc(C)n2)nc(C(F)(F)F)c1. The Morgan fingerprint density at radius 2 is 1.75 bits per heavy atom. The van der Waals surface area contributed by atoms with Crippen LogP contribution in [-0.2, 0) is 26.0 Å². The Morgan fingerprint density at radius 1 is 1.09 bits per heavy atom. The van der Waals surface area contributed by atoms with Crippen molar-refractivity contribution in [3.05, 3.63) is 47.0 Å². The van der Waals surface area contributed by atoms with Crippen molar-refractivity contribution < 1.29 is 30.0 Å². The first-order valence-electron chi connectivity index (χ1n) is 9.83. The Kier molecular flexibility index (Phi) is 6.44. The number of nitrogens with one attached hydrogen (secondary N) is 1. The number of halogens is 3. The standard InChI is InChI=1S/C20H24F3N3O4S2/c1-11(17-9-15(32(29,30)24-3)10-19(26-17)20(21,22)23)5-13-7-16(13)18-8-14(31(4,27)28)6-12(2)25-18/h6,8-11,13,16,24H,5,7H2,1-4H3. The molecule has 0 amide bonds. The summed E-state index contributed by atoms with van der Waals surface area (Å²) in [5.74, 6) is -0.381. The summed E-state index contributed by atoms with van der Waals surface area (Å²) in [6.45, 7) is 3.40. The second kappa shape index (κ2) is 8.38. The van der Waals surface area contributed by atoms with Gasteiger partial charge in [0.1, 0.15) is 5.69 Å². The van der Waals surface area contributed by atoms with Gasteiger partial charge in [-0.2, -0.15) is 13.2 Å². The summed E-state index contributed by atoms with van der Waals surface area (Å²) >= 11 is 0. The van der Waals surface area contributed by atoms with Gasteiger partial charge in [-0.15, -0.1) is 0 Å². The number of rotatable bonds is 7. The van der Waals surface area contributed by atoms with Crippen LogP contribution in [0.5, 0.6) is 0 Å². The maximum atomic E-state index is 13.3. The molecule has 2 aromatic heterocycles. The first kappa shape index (κ1) is 24.6. The number of alkyl halides is 3. The fraction of sp³-hybridized carbons (Fsp3) is 0.500. The zero-order chi connectivity index (χ0) is 24.1. The highest BCUT2D eigenvalue weighted by Gasteiger charge is 2.41. The van der Waals surface area contributed by atoms with E-state index in [2.05, 4.69) is 9.97 Å². The molecule has 0 bridgehead atoms. The molecule has 0 aliphatic heterocycles. The first-order valence-corrected chi connectivity index (χ1v) is 13.2. The molecular weight excluding hydrogens is 467 g/mol. The smallest absolute Gasteiger partial charge is 0.258 e. The molecular formula is C20H24F3N3O4S2. The molecule has 0 aromatic carbocycles. The van der Waals surface area contributed by atoms with E-state index in [9.17, 15) is 30.0 Å². The lowest BCUT2D eigenvalue weighted by molar-refractivity contribution is -0.141. The van der Waals surface area contributed by atoms with Gasteiger partial charge in [-0.05, 0) is 62.9 Å². The normalized spacial score (nSPS) is 20.2. The number of hydrogen-bond donors (Lipinski definition) is 1. The average molecular weight is 492 g/mol. The molecule has 0 saturated heterocycles. The molecule has 0 spiro atoms. The van der Waals surface area contributed by atoms with Gasteiger partial charge < -0.3 is 0 Å². The molecule has 12 heteroatoms. The third kappa shape index (κ3) is 5.46. The van der Waals surface area contributed by atoms with E-state index < -0.39 is 42.5 Å². The van der Waals surface area contributed by atoms with Crippen molar-refractivity contribution in [2.45, 2.75) is 54.5 Å². The van der Waals surface area contributed by atoms with Crippen LogP contribution in [0.4, 0.5) is 13.2 Å². The van der Waals surface area contributed by atoms with Crippen molar-refractivity contribution in [2.24, 2.45) is 5.92 Å². The third-order valence-electron chi connectivity index (χ3n) is 5.53. The number of pyridine rings is 2. The Labute approximate surface area is 185 Å². The summed E-state index contributed by atoms with van der Waals surface area (Å²) in [6, 6.07) is 4.72. The lowest BCUT2D eigenvalue weighted by atomic mass is 9.98. The molecule has 7 nitrogen and oxygen atoms in total.